The molecular formula is C11H15N3O3. The van der Waals surface area contributed by atoms with Crippen molar-refractivity contribution in [2.45, 2.75) is 19.9 Å². The number of nitro groups is 1. The molecule has 1 amide bonds. The lowest BCUT2D eigenvalue weighted by Gasteiger charge is -2.11. The lowest BCUT2D eigenvalue weighted by Crippen LogP contribution is -2.37. The molecule has 1 aromatic rings. The molecule has 17 heavy (non-hydrogen) atoms. The van der Waals surface area contributed by atoms with Crippen LogP contribution in [0.25, 0.3) is 0 Å². The van der Waals surface area contributed by atoms with Crippen LogP contribution in [0.2, 0.25) is 0 Å². The summed E-state index contributed by atoms with van der Waals surface area (Å²) in [7, 11) is 0. The summed E-state index contributed by atoms with van der Waals surface area (Å²) in [5.41, 5.74) is 6.24. The molecule has 0 saturated carbocycles. The zero-order valence-electron chi connectivity index (χ0n) is 9.77. The largest absolute Gasteiger partial charge is 0.348 e. The molecule has 6 nitrogen and oxygen atoms in total. The third-order valence-corrected chi connectivity index (χ3v) is 2.27. The number of carbonyl (C=O) groups is 1. The summed E-state index contributed by atoms with van der Waals surface area (Å²) in [4.78, 5) is 21.9. The maximum Gasteiger partial charge on any atom is 0.270 e. The van der Waals surface area contributed by atoms with E-state index in [2.05, 4.69) is 5.32 Å². The minimum atomic E-state index is -0.518. The molecule has 3 N–H and O–H groups in total. The smallest absolute Gasteiger partial charge is 0.270 e. The van der Waals surface area contributed by atoms with E-state index in [0.717, 1.165) is 0 Å². The highest BCUT2D eigenvalue weighted by Crippen LogP contribution is 2.16. The van der Waals surface area contributed by atoms with Crippen molar-refractivity contribution in [3.05, 3.63) is 39.4 Å². The number of aryl methyl sites for hydroxylation is 1. The fraction of sp³-hybridized carbons (Fsp3) is 0.364. The van der Waals surface area contributed by atoms with Crippen molar-refractivity contribution in [3.8, 4) is 0 Å². The molecule has 1 rings (SSSR count). The average Bonchev–Trinajstić information content (AvgIpc) is 2.27. The standard InChI is InChI=1S/C11H15N3O3/c1-7-3-9(5-10(4-7)14(16)17)11(15)13-8(2)6-12/h3-5,8H,6,12H2,1-2H3,(H,13,15)/t8-/m1/s1. The van der Waals surface area contributed by atoms with Crippen molar-refractivity contribution in [2.75, 3.05) is 6.54 Å². The van der Waals surface area contributed by atoms with Gasteiger partial charge >= 0.3 is 0 Å². The number of nitrogens with two attached hydrogens (primary N) is 1. The van der Waals surface area contributed by atoms with Gasteiger partial charge in [0.1, 0.15) is 0 Å². The molecule has 92 valence electrons. The number of hydrogen-bond acceptors (Lipinski definition) is 4. The van der Waals surface area contributed by atoms with E-state index in [1.54, 1.807) is 19.9 Å². The molecule has 1 aromatic carbocycles. The van der Waals surface area contributed by atoms with Crippen molar-refractivity contribution in [3.63, 3.8) is 0 Å². The third kappa shape index (κ3) is 3.53. The van der Waals surface area contributed by atoms with Crippen LogP contribution in [0.4, 0.5) is 5.69 Å². The van der Waals surface area contributed by atoms with Crippen LogP contribution in [0.5, 0.6) is 0 Å². The summed E-state index contributed by atoms with van der Waals surface area (Å²) >= 11 is 0. The maximum absolute atomic E-state index is 11.8. The van der Waals surface area contributed by atoms with Gasteiger partial charge in [-0.2, -0.15) is 0 Å². The first-order valence-electron chi connectivity index (χ1n) is 5.21. The number of nitrogens with zero attached hydrogens (tertiary/aromatic N) is 1. The first kappa shape index (κ1) is 13.1. The molecule has 0 aliphatic rings. The summed E-state index contributed by atoms with van der Waals surface area (Å²) in [6.45, 7) is 3.79. The molecule has 0 aliphatic carbocycles. The quantitative estimate of drug-likeness (QED) is 0.602. The summed E-state index contributed by atoms with van der Waals surface area (Å²) in [6.07, 6.45) is 0. The average molecular weight is 237 g/mol. The number of rotatable bonds is 4. The Labute approximate surface area is 99.0 Å². The predicted octanol–water partition coefficient (Wildman–Crippen LogP) is 0.980. The monoisotopic (exact) mass is 237 g/mol. The normalized spacial score (nSPS) is 11.9. The number of carbonyl (C=O) groups excluding carboxylic acids is 1. The highest BCUT2D eigenvalue weighted by molar-refractivity contribution is 5.95. The van der Waals surface area contributed by atoms with Crippen LogP contribution in [0, 0.1) is 17.0 Å². The first-order chi connectivity index (χ1) is 7.93. The van der Waals surface area contributed by atoms with Crippen molar-refractivity contribution in [2.24, 2.45) is 5.73 Å². The zero-order chi connectivity index (χ0) is 13.0. The van der Waals surface area contributed by atoms with Crippen LogP contribution in [0.15, 0.2) is 18.2 Å². The van der Waals surface area contributed by atoms with E-state index < -0.39 is 4.92 Å². The van der Waals surface area contributed by atoms with Gasteiger partial charge in [-0.25, -0.2) is 0 Å². The van der Waals surface area contributed by atoms with Gasteiger partial charge in [-0.1, -0.05) is 0 Å². The summed E-state index contributed by atoms with van der Waals surface area (Å²) in [5.74, 6) is -0.352. The maximum atomic E-state index is 11.8. The molecule has 0 heterocycles. The van der Waals surface area contributed by atoms with Crippen LogP contribution in [-0.4, -0.2) is 23.4 Å². The molecule has 0 aromatic heterocycles. The van der Waals surface area contributed by atoms with Crippen LogP contribution in [-0.2, 0) is 0 Å². The molecule has 0 aliphatic heterocycles. The van der Waals surface area contributed by atoms with Crippen LogP contribution in [0.1, 0.15) is 22.8 Å². The minimum absolute atomic E-state index is 0.0875. The first-order valence-corrected chi connectivity index (χ1v) is 5.21. The highest BCUT2D eigenvalue weighted by Gasteiger charge is 2.14. The van der Waals surface area contributed by atoms with E-state index in [0.29, 0.717) is 12.1 Å². The van der Waals surface area contributed by atoms with E-state index in [4.69, 9.17) is 5.73 Å². The number of nitro benzene ring substituents is 1. The number of benzene rings is 1. The SMILES string of the molecule is Cc1cc(C(=O)N[C@H](C)CN)cc([N+](=O)[O-])c1. The number of hydrogen-bond donors (Lipinski definition) is 2. The second-order valence-corrected chi connectivity index (χ2v) is 3.92. The molecule has 0 spiro atoms. The van der Waals surface area contributed by atoms with Gasteiger partial charge in [-0.3, -0.25) is 14.9 Å². The van der Waals surface area contributed by atoms with Gasteiger partial charge in [0.2, 0.25) is 0 Å². The topological polar surface area (TPSA) is 98.3 Å². The molecule has 6 heteroatoms. The number of amides is 1. The lowest BCUT2D eigenvalue weighted by molar-refractivity contribution is -0.384. The van der Waals surface area contributed by atoms with Crippen molar-refractivity contribution in [1.29, 1.82) is 0 Å². The van der Waals surface area contributed by atoms with Crippen LogP contribution >= 0.6 is 0 Å². The summed E-state index contributed by atoms with van der Waals surface area (Å²) in [5, 5.41) is 13.3. The van der Waals surface area contributed by atoms with Gasteiger partial charge in [-0.15, -0.1) is 0 Å². The van der Waals surface area contributed by atoms with Gasteiger partial charge in [0.25, 0.3) is 11.6 Å². The van der Waals surface area contributed by atoms with Crippen LogP contribution < -0.4 is 11.1 Å². The Hall–Kier alpha value is -1.95. The minimum Gasteiger partial charge on any atom is -0.348 e. The van der Waals surface area contributed by atoms with E-state index >= 15 is 0 Å². The molecule has 0 radical (unpaired) electrons. The van der Waals surface area contributed by atoms with E-state index in [-0.39, 0.29) is 23.2 Å². The fourth-order valence-electron chi connectivity index (χ4n) is 1.37. The predicted molar refractivity (Wildman–Crippen MR) is 63.8 cm³/mol. The van der Waals surface area contributed by atoms with E-state index in [9.17, 15) is 14.9 Å². The van der Waals surface area contributed by atoms with Gasteiger partial charge in [0.05, 0.1) is 4.92 Å². The summed E-state index contributed by atoms with van der Waals surface area (Å²) < 4.78 is 0. The number of non-ortho nitro benzene ring substituents is 1. The lowest BCUT2D eigenvalue weighted by atomic mass is 10.1. The molecule has 0 saturated heterocycles. The van der Waals surface area contributed by atoms with Crippen molar-refractivity contribution in [1.82, 2.24) is 5.32 Å². The van der Waals surface area contributed by atoms with Gasteiger partial charge in [0, 0.05) is 30.3 Å². The Morgan fingerprint density at radius 3 is 2.71 bits per heavy atom. The fourth-order valence-corrected chi connectivity index (χ4v) is 1.37. The van der Waals surface area contributed by atoms with Gasteiger partial charge in [0.15, 0.2) is 0 Å². The van der Waals surface area contributed by atoms with Gasteiger partial charge in [-0.05, 0) is 25.5 Å². The van der Waals surface area contributed by atoms with E-state index in [1.165, 1.54) is 12.1 Å². The van der Waals surface area contributed by atoms with E-state index in [1.807, 2.05) is 0 Å². The van der Waals surface area contributed by atoms with Crippen LogP contribution in [0.3, 0.4) is 0 Å². The Morgan fingerprint density at radius 1 is 1.53 bits per heavy atom. The third-order valence-electron chi connectivity index (χ3n) is 2.27. The molecule has 0 bridgehead atoms. The second-order valence-electron chi connectivity index (χ2n) is 3.92. The van der Waals surface area contributed by atoms with Crippen molar-refractivity contribution >= 4 is 11.6 Å². The number of nitrogens with one attached hydrogen (secondary N) is 1. The van der Waals surface area contributed by atoms with Crippen molar-refractivity contribution < 1.29 is 9.72 Å². The molecule has 1 atom stereocenters. The summed E-state index contributed by atoms with van der Waals surface area (Å²) in [6, 6.07) is 4.11. The second kappa shape index (κ2) is 5.40. The van der Waals surface area contributed by atoms with Gasteiger partial charge < -0.3 is 11.1 Å². The highest BCUT2D eigenvalue weighted by atomic mass is 16.6. The Bertz CT molecular complexity index is 446. The molecule has 0 unspecified atom stereocenters. The Balaban J connectivity index is 2.97. The Kier molecular flexibility index (Phi) is 4.17. The molecular weight excluding hydrogens is 222 g/mol. The molecule has 0 fully saturated rings. The Morgan fingerprint density at radius 2 is 2.18 bits per heavy atom. The zero-order valence-corrected chi connectivity index (χ0v) is 9.77.